The average Bonchev–Trinajstić information content (AvgIpc) is 3.02. The van der Waals surface area contributed by atoms with E-state index in [4.69, 9.17) is 11.6 Å². The van der Waals surface area contributed by atoms with Crippen LogP contribution in [0, 0.1) is 0 Å². The van der Waals surface area contributed by atoms with Gasteiger partial charge < -0.3 is 0 Å². The van der Waals surface area contributed by atoms with Crippen LogP contribution in [-0.2, 0) is 10.0 Å². The van der Waals surface area contributed by atoms with Crippen LogP contribution in [0.2, 0.25) is 5.15 Å². The molecular formula is C18H15ClN4O2S. The molecule has 1 aromatic carbocycles. The zero-order valence-corrected chi connectivity index (χ0v) is 15.4. The van der Waals surface area contributed by atoms with E-state index in [1.807, 2.05) is 0 Å². The van der Waals surface area contributed by atoms with Gasteiger partial charge in [-0.2, -0.15) is 0 Å². The minimum Gasteiger partial charge on any atom is -0.237 e. The summed E-state index contributed by atoms with van der Waals surface area (Å²) in [7, 11) is -3.76. The van der Waals surface area contributed by atoms with E-state index in [1.54, 1.807) is 37.3 Å². The third kappa shape index (κ3) is 3.58. The average molecular weight is 387 g/mol. The van der Waals surface area contributed by atoms with Crippen LogP contribution in [-0.4, -0.2) is 28.5 Å². The fourth-order valence-corrected chi connectivity index (χ4v) is 3.75. The Morgan fingerprint density at radius 1 is 1.27 bits per heavy atom. The molecule has 1 aromatic heterocycles. The van der Waals surface area contributed by atoms with Crippen molar-refractivity contribution in [1.82, 2.24) is 14.3 Å². The number of nitrogens with zero attached hydrogens (tertiary/aromatic N) is 4. The molecule has 0 saturated heterocycles. The molecule has 1 aliphatic heterocycles. The molecule has 0 N–H and O–H groups in total. The van der Waals surface area contributed by atoms with Crippen LogP contribution in [0.4, 0.5) is 0 Å². The van der Waals surface area contributed by atoms with Crippen molar-refractivity contribution in [2.75, 3.05) is 0 Å². The minimum absolute atomic E-state index is 0.176. The van der Waals surface area contributed by atoms with Crippen molar-refractivity contribution in [1.29, 1.82) is 0 Å². The number of halogens is 1. The van der Waals surface area contributed by atoms with Gasteiger partial charge in [-0.1, -0.05) is 36.4 Å². The summed E-state index contributed by atoms with van der Waals surface area (Å²) in [5.74, 6) is 0.230. The van der Waals surface area contributed by atoms with Gasteiger partial charge in [0, 0.05) is 24.0 Å². The first-order chi connectivity index (χ1) is 12.4. The van der Waals surface area contributed by atoms with Crippen LogP contribution < -0.4 is 0 Å². The summed E-state index contributed by atoms with van der Waals surface area (Å²) in [6.07, 6.45) is 5.92. The summed E-state index contributed by atoms with van der Waals surface area (Å²) < 4.78 is 26.8. The maximum atomic E-state index is 12.8. The molecule has 2 heterocycles. The van der Waals surface area contributed by atoms with Crippen LogP contribution in [0.15, 0.2) is 83.2 Å². The van der Waals surface area contributed by atoms with Gasteiger partial charge in [0.25, 0.3) is 10.0 Å². The standard InChI is InChI=1S/C18H15ClN4O2S/c1-13-8-9-23(26(24,25)15-6-4-3-5-7-15)18(13)20-11-14(2)16-10-17(19)22-12-21-16/h3-12H,1H2,2H3/b14-11+,20-18?. The van der Waals surface area contributed by atoms with E-state index in [-0.39, 0.29) is 10.7 Å². The number of rotatable bonds is 4. The molecule has 2 aromatic rings. The van der Waals surface area contributed by atoms with Gasteiger partial charge in [-0.05, 0) is 30.7 Å². The molecule has 0 aliphatic carbocycles. The first kappa shape index (κ1) is 18.0. The third-order valence-corrected chi connectivity index (χ3v) is 5.51. The van der Waals surface area contributed by atoms with Gasteiger partial charge in [-0.25, -0.2) is 27.7 Å². The molecule has 0 fully saturated rings. The van der Waals surface area contributed by atoms with Gasteiger partial charge in [-0.3, -0.25) is 0 Å². The highest BCUT2D eigenvalue weighted by atomic mass is 35.5. The van der Waals surface area contributed by atoms with Crippen molar-refractivity contribution < 1.29 is 8.42 Å². The van der Waals surface area contributed by atoms with Gasteiger partial charge in [0.2, 0.25) is 0 Å². The van der Waals surface area contributed by atoms with E-state index < -0.39 is 10.0 Å². The molecule has 0 amide bonds. The largest absolute Gasteiger partial charge is 0.269 e. The highest BCUT2D eigenvalue weighted by Crippen LogP contribution is 2.24. The van der Waals surface area contributed by atoms with Gasteiger partial charge in [0.05, 0.1) is 10.6 Å². The second-order valence-electron chi connectivity index (χ2n) is 5.45. The minimum atomic E-state index is -3.76. The first-order valence-electron chi connectivity index (χ1n) is 7.59. The monoisotopic (exact) mass is 386 g/mol. The Kier molecular flexibility index (Phi) is 5.01. The fraction of sp³-hybridized carbons (Fsp3) is 0.0556. The number of aliphatic imine (C=N–C) groups is 1. The van der Waals surface area contributed by atoms with Crippen LogP contribution in [0.5, 0.6) is 0 Å². The quantitative estimate of drug-likeness (QED) is 0.751. The van der Waals surface area contributed by atoms with E-state index in [9.17, 15) is 8.42 Å². The van der Waals surface area contributed by atoms with Gasteiger partial charge >= 0.3 is 0 Å². The number of benzene rings is 1. The van der Waals surface area contributed by atoms with Crippen LogP contribution in [0.1, 0.15) is 12.6 Å². The Morgan fingerprint density at radius 2 is 2.00 bits per heavy atom. The predicted molar refractivity (Wildman–Crippen MR) is 102 cm³/mol. The lowest BCUT2D eigenvalue weighted by Gasteiger charge is -2.17. The van der Waals surface area contributed by atoms with Crippen LogP contribution in [0.3, 0.4) is 0 Å². The predicted octanol–water partition coefficient (Wildman–Crippen LogP) is 3.66. The first-order valence-corrected chi connectivity index (χ1v) is 9.41. The van der Waals surface area contributed by atoms with E-state index in [1.165, 1.54) is 30.9 Å². The molecule has 8 heteroatoms. The third-order valence-electron chi connectivity index (χ3n) is 3.63. The second kappa shape index (κ2) is 7.23. The normalized spacial score (nSPS) is 16.5. The Hall–Kier alpha value is -2.77. The van der Waals surface area contributed by atoms with Gasteiger partial charge in [-0.15, -0.1) is 0 Å². The lowest BCUT2D eigenvalue weighted by atomic mass is 10.2. The zero-order valence-electron chi connectivity index (χ0n) is 13.9. The molecule has 0 spiro atoms. The summed E-state index contributed by atoms with van der Waals surface area (Å²) in [5, 5.41) is 0.315. The van der Waals surface area contributed by atoms with Crippen molar-refractivity contribution in [3.05, 3.63) is 84.2 Å². The number of hydrogen-bond donors (Lipinski definition) is 0. The molecule has 0 radical (unpaired) electrons. The summed E-state index contributed by atoms with van der Waals surface area (Å²) in [5.41, 5.74) is 1.80. The number of allylic oxidation sites excluding steroid dienone is 1. The van der Waals surface area contributed by atoms with E-state index >= 15 is 0 Å². The van der Waals surface area contributed by atoms with E-state index in [0.717, 1.165) is 4.31 Å². The molecule has 6 nitrogen and oxygen atoms in total. The molecule has 0 saturated carbocycles. The van der Waals surface area contributed by atoms with Crippen molar-refractivity contribution in [2.24, 2.45) is 4.99 Å². The van der Waals surface area contributed by atoms with Crippen molar-refractivity contribution in [2.45, 2.75) is 11.8 Å². The second-order valence-corrected chi connectivity index (χ2v) is 7.65. The van der Waals surface area contributed by atoms with Crippen molar-refractivity contribution in [3.8, 4) is 0 Å². The summed E-state index contributed by atoms with van der Waals surface area (Å²) in [4.78, 5) is 12.4. The van der Waals surface area contributed by atoms with Crippen molar-refractivity contribution >= 4 is 33.0 Å². The maximum absolute atomic E-state index is 12.8. The lowest BCUT2D eigenvalue weighted by molar-refractivity contribution is 0.564. The van der Waals surface area contributed by atoms with Crippen LogP contribution in [0.25, 0.3) is 5.57 Å². The maximum Gasteiger partial charge on any atom is 0.269 e. The summed E-state index contributed by atoms with van der Waals surface area (Å²) in [6.45, 7) is 5.65. The molecule has 0 atom stereocenters. The number of aromatic nitrogens is 2. The van der Waals surface area contributed by atoms with E-state index in [2.05, 4.69) is 21.5 Å². The number of sulfonamides is 1. The molecule has 0 bridgehead atoms. The molecule has 0 unspecified atom stereocenters. The van der Waals surface area contributed by atoms with Crippen molar-refractivity contribution in [3.63, 3.8) is 0 Å². The Bertz CT molecular complexity index is 1040. The SMILES string of the molecule is C=C1C=CN(S(=O)(=O)c2ccccc2)C1=N/C=C(\C)c1cc(Cl)ncn1. The molecular weight excluding hydrogens is 372 g/mol. The zero-order chi connectivity index (χ0) is 18.7. The van der Waals surface area contributed by atoms with E-state index in [0.29, 0.717) is 22.0 Å². The summed E-state index contributed by atoms with van der Waals surface area (Å²) >= 11 is 5.86. The lowest BCUT2D eigenvalue weighted by Crippen LogP contribution is -2.29. The Morgan fingerprint density at radius 3 is 2.69 bits per heavy atom. The van der Waals surface area contributed by atoms with Crippen LogP contribution >= 0.6 is 11.6 Å². The van der Waals surface area contributed by atoms with Gasteiger partial charge in [0.15, 0.2) is 5.84 Å². The smallest absolute Gasteiger partial charge is 0.237 e. The highest BCUT2D eigenvalue weighted by molar-refractivity contribution is 7.89. The summed E-state index contributed by atoms with van der Waals surface area (Å²) in [6, 6.07) is 9.76. The molecule has 3 rings (SSSR count). The Labute approximate surface area is 156 Å². The highest BCUT2D eigenvalue weighted by Gasteiger charge is 2.29. The Balaban J connectivity index is 1.96. The molecule has 26 heavy (non-hydrogen) atoms. The fourth-order valence-electron chi connectivity index (χ4n) is 2.26. The topological polar surface area (TPSA) is 75.5 Å². The number of hydrogen-bond acceptors (Lipinski definition) is 5. The van der Waals surface area contributed by atoms with Gasteiger partial charge in [0.1, 0.15) is 11.5 Å². The molecule has 132 valence electrons. The molecule has 1 aliphatic rings. The number of amidine groups is 1.